The fourth-order valence-electron chi connectivity index (χ4n) is 1.99. The van der Waals surface area contributed by atoms with Crippen molar-refractivity contribution in [3.05, 3.63) is 35.9 Å². The molecule has 0 atom stereocenters. The largest absolute Gasteiger partial charge is 0.467 e. The molecule has 0 spiro atoms. The third-order valence-corrected chi connectivity index (χ3v) is 2.94. The summed E-state index contributed by atoms with van der Waals surface area (Å²) in [6.45, 7) is 4.25. The number of nitrogens with zero attached hydrogens (tertiary/aromatic N) is 3. The second kappa shape index (κ2) is 7.53. The van der Waals surface area contributed by atoms with E-state index in [1.807, 2.05) is 6.92 Å². The van der Waals surface area contributed by atoms with Crippen molar-refractivity contribution < 1.29 is 18.7 Å². The zero-order valence-electron chi connectivity index (χ0n) is 12.6. The first-order valence-electron chi connectivity index (χ1n) is 7.10. The summed E-state index contributed by atoms with van der Waals surface area (Å²) < 4.78 is 24.0. The summed E-state index contributed by atoms with van der Waals surface area (Å²) in [5, 5.41) is 5.87. The minimum atomic E-state index is -0.446. The van der Waals surface area contributed by atoms with E-state index < -0.39 is 11.8 Å². The van der Waals surface area contributed by atoms with Gasteiger partial charge in [-0.15, -0.1) is 5.10 Å². The Morgan fingerprint density at radius 3 is 2.95 bits per heavy atom. The lowest BCUT2D eigenvalue weighted by Gasteiger charge is -2.25. The summed E-state index contributed by atoms with van der Waals surface area (Å²) in [7, 11) is 0. The zero-order chi connectivity index (χ0) is 15.9. The molecule has 22 heavy (non-hydrogen) atoms. The van der Waals surface area contributed by atoms with E-state index in [0.29, 0.717) is 31.2 Å². The normalized spacial score (nSPS) is 14.2. The molecule has 0 aliphatic carbocycles. The first-order chi connectivity index (χ1) is 10.7. The first-order valence-corrected chi connectivity index (χ1v) is 7.10. The monoisotopic (exact) mass is 307 g/mol. The van der Waals surface area contributed by atoms with Crippen LogP contribution in [0, 0.1) is 5.82 Å². The average molecular weight is 307 g/mol. The SMILES string of the molecule is CCOC(=O)COC1=NN(CC)C(c2ncccc2F)=CC1. The van der Waals surface area contributed by atoms with Crippen molar-refractivity contribution in [3.63, 3.8) is 0 Å². The maximum atomic E-state index is 13.8. The van der Waals surface area contributed by atoms with Crippen molar-refractivity contribution in [2.75, 3.05) is 19.8 Å². The fourth-order valence-corrected chi connectivity index (χ4v) is 1.99. The predicted molar refractivity (Wildman–Crippen MR) is 79.2 cm³/mol. The van der Waals surface area contributed by atoms with E-state index in [2.05, 4.69) is 10.1 Å². The maximum Gasteiger partial charge on any atom is 0.344 e. The molecule has 2 rings (SSSR count). The van der Waals surface area contributed by atoms with Gasteiger partial charge in [0, 0.05) is 19.2 Å². The Labute approximate surface area is 128 Å². The molecule has 0 fully saturated rings. The number of carbonyl (C=O) groups excluding carboxylic acids is 1. The molecule has 1 aromatic rings. The molecule has 0 unspecified atom stereocenters. The van der Waals surface area contributed by atoms with Gasteiger partial charge in [0.25, 0.3) is 0 Å². The highest BCUT2D eigenvalue weighted by Crippen LogP contribution is 2.24. The van der Waals surface area contributed by atoms with Gasteiger partial charge in [-0.3, -0.25) is 9.99 Å². The molecule has 0 amide bonds. The molecule has 2 heterocycles. The van der Waals surface area contributed by atoms with Crippen LogP contribution >= 0.6 is 0 Å². The number of hydrazone groups is 1. The number of rotatable bonds is 5. The molecular weight excluding hydrogens is 289 g/mol. The van der Waals surface area contributed by atoms with Gasteiger partial charge in [-0.25, -0.2) is 9.18 Å². The molecule has 0 aromatic carbocycles. The summed E-state index contributed by atoms with van der Waals surface area (Å²) in [5.74, 6) is -0.466. The molecular formula is C15H18FN3O3. The molecule has 0 bridgehead atoms. The van der Waals surface area contributed by atoms with E-state index in [0.717, 1.165) is 0 Å². The molecule has 0 N–H and O–H groups in total. The van der Waals surface area contributed by atoms with Crippen molar-refractivity contribution >= 4 is 17.6 Å². The first kappa shape index (κ1) is 15.9. The lowest BCUT2D eigenvalue weighted by Crippen LogP contribution is -2.25. The summed E-state index contributed by atoms with van der Waals surface area (Å²) in [6, 6.07) is 2.89. The number of pyridine rings is 1. The highest BCUT2D eigenvalue weighted by molar-refractivity contribution is 5.84. The standard InChI is InChI=1S/C15H18FN3O3/c1-3-19-12(15-11(16)6-5-9-17-15)7-8-13(18-19)22-10-14(20)21-4-2/h5-7,9H,3-4,8,10H2,1-2H3. The second-order valence-corrected chi connectivity index (χ2v) is 4.43. The van der Waals surface area contributed by atoms with Crippen LogP contribution in [-0.2, 0) is 14.3 Å². The van der Waals surface area contributed by atoms with Crippen LogP contribution in [0.4, 0.5) is 4.39 Å². The van der Waals surface area contributed by atoms with E-state index in [1.165, 1.54) is 18.3 Å². The molecule has 0 saturated heterocycles. The van der Waals surface area contributed by atoms with Crippen molar-refractivity contribution in [2.45, 2.75) is 20.3 Å². The summed E-state index contributed by atoms with van der Waals surface area (Å²) >= 11 is 0. The van der Waals surface area contributed by atoms with Crippen LogP contribution < -0.4 is 0 Å². The van der Waals surface area contributed by atoms with Crippen molar-refractivity contribution in [3.8, 4) is 0 Å². The van der Waals surface area contributed by atoms with Crippen LogP contribution in [-0.4, -0.2) is 41.6 Å². The number of carbonyl (C=O) groups is 1. The third kappa shape index (κ3) is 3.81. The second-order valence-electron chi connectivity index (χ2n) is 4.43. The lowest BCUT2D eigenvalue weighted by atomic mass is 10.2. The van der Waals surface area contributed by atoms with Crippen LogP contribution in [0.2, 0.25) is 0 Å². The van der Waals surface area contributed by atoms with Gasteiger partial charge in [0.1, 0.15) is 5.69 Å². The third-order valence-electron chi connectivity index (χ3n) is 2.94. The molecule has 1 aliphatic rings. The van der Waals surface area contributed by atoms with Gasteiger partial charge in [-0.2, -0.15) is 0 Å². The number of halogens is 1. The van der Waals surface area contributed by atoms with Gasteiger partial charge < -0.3 is 9.47 Å². The summed E-state index contributed by atoms with van der Waals surface area (Å²) in [5.41, 5.74) is 0.835. The highest BCUT2D eigenvalue weighted by atomic mass is 19.1. The molecule has 0 radical (unpaired) electrons. The average Bonchev–Trinajstić information content (AvgIpc) is 2.53. The minimum Gasteiger partial charge on any atom is -0.467 e. The van der Waals surface area contributed by atoms with Gasteiger partial charge in [-0.1, -0.05) is 0 Å². The highest BCUT2D eigenvalue weighted by Gasteiger charge is 2.20. The van der Waals surface area contributed by atoms with E-state index in [9.17, 15) is 9.18 Å². The number of aromatic nitrogens is 1. The van der Waals surface area contributed by atoms with E-state index in [-0.39, 0.29) is 12.3 Å². The Balaban J connectivity index is 2.07. The van der Waals surface area contributed by atoms with Crippen molar-refractivity contribution in [1.29, 1.82) is 0 Å². The van der Waals surface area contributed by atoms with Crippen molar-refractivity contribution in [1.82, 2.24) is 9.99 Å². The molecule has 0 saturated carbocycles. The van der Waals surface area contributed by atoms with E-state index in [4.69, 9.17) is 9.47 Å². The van der Waals surface area contributed by atoms with Crippen LogP contribution in [0.25, 0.3) is 5.70 Å². The van der Waals surface area contributed by atoms with E-state index in [1.54, 1.807) is 18.0 Å². The smallest absolute Gasteiger partial charge is 0.344 e. The number of ether oxygens (including phenoxy) is 2. The Hall–Kier alpha value is -2.44. The maximum absolute atomic E-state index is 13.8. The van der Waals surface area contributed by atoms with Crippen LogP contribution in [0.5, 0.6) is 0 Å². The summed E-state index contributed by atoms with van der Waals surface area (Å²) in [4.78, 5) is 15.3. The Bertz CT molecular complexity index is 601. The van der Waals surface area contributed by atoms with E-state index >= 15 is 0 Å². The Morgan fingerprint density at radius 1 is 1.45 bits per heavy atom. The van der Waals surface area contributed by atoms with Crippen LogP contribution in [0.15, 0.2) is 29.5 Å². The minimum absolute atomic E-state index is 0.189. The van der Waals surface area contributed by atoms with Gasteiger partial charge in [0.2, 0.25) is 5.90 Å². The number of hydrogen-bond donors (Lipinski definition) is 0. The Kier molecular flexibility index (Phi) is 5.46. The summed E-state index contributed by atoms with van der Waals surface area (Å²) in [6.07, 6.45) is 3.67. The topological polar surface area (TPSA) is 64.0 Å². The van der Waals surface area contributed by atoms with Crippen LogP contribution in [0.1, 0.15) is 26.0 Å². The predicted octanol–water partition coefficient (Wildman–Crippen LogP) is 2.18. The molecule has 7 heteroatoms. The van der Waals surface area contributed by atoms with Gasteiger partial charge in [0.05, 0.1) is 12.3 Å². The molecule has 6 nitrogen and oxygen atoms in total. The van der Waals surface area contributed by atoms with Crippen LogP contribution in [0.3, 0.4) is 0 Å². The molecule has 1 aromatic heterocycles. The molecule has 1 aliphatic heterocycles. The zero-order valence-corrected chi connectivity index (χ0v) is 12.6. The number of esters is 1. The fraction of sp³-hybridized carbons (Fsp3) is 0.400. The van der Waals surface area contributed by atoms with Gasteiger partial charge in [-0.05, 0) is 32.1 Å². The Morgan fingerprint density at radius 2 is 2.27 bits per heavy atom. The molecule has 118 valence electrons. The number of hydrogen-bond acceptors (Lipinski definition) is 6. The lowest BCUT2D eigenvalue weighted by molar-refractivity contribution is -0.145. The van der Waals surface area contributed by atoms with Gasteiger partial charge in [0.15, 0.2) is 12.4 Å². The van der Waals surface area contributed by atoms with Crippen molar-refractivity contribution in [2.24, 2.45) is 5.10 Å². The quantitative estimate of drug-likeness (QED) is 0.780. The van der Waals surface area contributed by atoms with Gasteiger partial charge >= 0.3 is 5.97 Å².